The third kappa shape index (κ3) is 2.55. The van der Waals surface area contributed by atoms with Crippen LogP contribution < -0.4 is 0 Å². The Hall–Kier alpha value is -1.37. The van der Waals surface area contributed by atoms with E-state index in [1.165, 1.54) is 6.07 Å². The molecule has 1 fully saturated rings. The molecule has 1 aromatic rings. The molecule has 1 aliphatic heterocycles. The molecule has 1 saturated heterocycles. The zero-order valence-corrected chi connectivity index (χ0v) is 10.2. The first-order valence-electron chi connectivity index (χ1n) is 5.91. The lowest BCUT2D eigenvalue weighted by molar-refractivity contribution is -0.0481. The predicted octanol–water partition coefficient (Wildman–Crippen LogP) is 0.732. The van der Waals surface area contributed by atoms with Crippen LogP contribution in [0.3, 0.4) is 0 Å². The zero-order valence-electron chi connectivity index (χ0n) is 10.2. The van der Waals surface area contributed by atoms with Gasteiger partial charge in [-0.1, -0.05) is 0 Å². The number of aromatic carboxylic acids is 1. The molecule has 0 radical (unpaired) electrons. The van der Waals surface area contributed by atoms with Gasteiger partial charge in [0.05, 0.1) is 31.9 Å². The van der Waals surface area contributed by atoms with Crippen LogP contribution in [0.15, 0.2) is 16.5 Å². The number of hydrogen-bond donors (Lipinski definition) is 2. The van der Waals surface area contributed by atoms with E-state index in [0.717, 1.165) is 0 Å². The average Bonchev–Trinajstić information content (AvgIpc) is 2.87. The number of carboxylic acid groups (broad SMARTS) is 1. The number of furan rings is 1. The van der Waals surface area contributed by atoms with E-state index in [9.17, 15) is 9.90 Å². The van der Waals surface area contributed by atoms with Gasteiger partial charge in [-0.05, 0) is 19.1 Å². The van der Waals surface area contributed by atoms with Crippen LogP contribution >= 0.6 is 0 Å². The predicted molar refractivity (Wildman–Crippen MR) is 62.5 cm³/mol. The van der Waals surface area contributed by atoms with Crippen molar-refractivity contribution in [3.63, 3.8) is 0 Å². The number of rotatable bonds is 4. The Labute approximate surface area is 105 Å². The molecule has 0 spiro atoms. The van der Waals surface area contributed by atoms with Crippen LogP contribution in [-0.2, 0) is 4.74 Å². The topological polar surface area (TPSA) is 83.1 Å². The SMILES string of the molecule is CC(c1ccc(C(=O)O)o1)N1CCOCC1CO. The fourth-order valence-corrected chi connectivity index (χ4v) is 2.19. The van der Waals surface area contributed by atoms with E-state index < -0.39 is 5.97 Å². The highest BCUT2D eigenvalue weighted by atomic mass is 16.5. The van der Waals surface area contributed by atoms with Crippen LogP contribution in [0.5, 0.6) is 0 Å². The maximum Gasteiger partial charge on any atom is 0.371 e. The van der Waals surface area contributed by atoms with Gasteiger partial charge in [0.2, 0.25) is 5.76 Å². The van der Waals surface area contributed by atoms with Crippen LogP contribution in [0.2, 0.25) is 0 Å². The van der Waals surface area contributed by atoms with Gasteiger partial charge in [-0.3, -0.25) is 4.90 Å². The summed E-state index contributed by atoms with van der Waals surface area (Å²) in [5, 5.41) is 18.1. The van der Waals surface area contributed by atoms with Crippen LogP contribution in [0.1, 0.15) is 29.3 Å². The van der Waals surface area contributed by atoms with Gasteiger partial charge >= 0.3 is 5.97 Å². The van der Waals surface area contributed by atoms with Gasteiger partial charge in [0.1, 0.15) is 5.76 Å². The molecule has 2 unspecified atom stereocenters. The van der Waals surface area contributed by atoms with Crippen molar-refractivity contribution in [2.75, 3.05) is 26.4 Å². The molecule has 2 heterocycles. The first kappa shape index (κ1) is 13.1. The van der Waals surface area contributed by atoms with Crippen molar-refractivity contribution in [2.45, 2.75) is 19.0 Å². The molecule has 2 N–H and O–H groups in total. The molecule has 0 amide bonds. The standard InChI is InChI=1S/C12H17NO5/c1-8(10-2-3-11(18-10)12(15)16)13-4-5-17-7-9(13)6-14/h2-3,8-9,14H,4-7H2,1H3,(H,15,16). The Morgan fingerprint density at radius 3 is 3.00 bits per heavy atom. The Kier molecular flexibility index (Phi) is 4.00. The minimum Gasteiger partial charge on any atom is -0.475 e. The fraction of sp³-hybridized carbons (Fsp3) is 0.583. The Balaban J connectivity index is 2.13. The summed E-state index contributed by atoms with van der Waals surface area (Å²) in [5.74, 6) is -0.549. The van der Waals surface area contributed by atoms with Crippen LogP contribution in [0.25, 0.3) is 0 Å². The third-order valence-corrected chi connectivity index (χ3v) is 3.23. The van der Waals surface area contributed by atoms with E-state index in [1.54, 1.807) is 6.07 Å². The van der Waals surface area contributed by atoms with Crippen molar-refractivity contribution in [1.29, 1.82) is 0 Å². The summed E-state index contributed by atoms with van der Waals surface area (Å²) in [6.07, 6.45) is 0. The van der Waals surface area contributed by atoms with Crippen molar-refractivity contribution >= 4 is 5.97 Å². The normalized spacial score (nSPS) is 22.9. The molecule has 2 atom stereocenters. The van der Waals surface area contributed by atoms with Crippen molar-refractivity contribution < 1.29 is 24.2 Å². The smallest absolute Gasteiger partial charge is 0.371 e. The second kappa shape index (κ2) is 5.51. The van der Waals surface area contributed by atoms with E-state index in [0.29, 0.717) is 25.5 Å². The van der Waals surface area contributed by atoms with Crippen molar-refractivity contribution in [3.8, 4) is 0 Å². The van der Waals surface area contributed by atoms with Crippen molar-refractivity contribution in [2.24, 2.45) is 0 Å². The first-order valence-corrected chi connectivity index (χ1v) is 5.91. The van der Waals surface area contributed by atoms with Crippen LogP contribution in [-0.4, -0.2) is 53.5 Å². The van der Waals surface area contributed by atoms with E-state index in [-0.39, 0.29) is 24.5 Å². The van der Waals surface area contributed by atoms with E-state index >= 15 is 0 Å². The summed E-state index contributed by atoms with van der Waals surface area (Å²) >= 11 is 0. The average molecular weight is 255 g/mol. The van der Waals surface area contributed by atoms with Crippen LogP contribution in [0, 0.1) is 0 Å². The fourth-order valence-electron chi connectivity index (χ4n) is 2.19. The highest BCUT2D eigenvalue weighted by Gasteiger charge is 2.29. The number of carbonyl (C=O) groups is 1. The Bertz CT molecular complexity index is 416. The number of morpholine rings is 1. The first-order chi connectivity index (χ1) is 8.63. The molecular weight excluding hydrogens is 238 g/mol. The molecule has 1 aromatic heterocycles. The molecule has 6 nitrogen and oxygen atoms in total. The number of hydrogen-bond acceptors (Lipinski definition) is 5. The largest absolute Gasteiger partial charge is 0.475 e. The minimum absolute atomic E-state index is 0.0108. The molecule has 0 saturated carbocycles. The quantitative estimate of drug-likeness (QED) is 0.825. The van der Waals surface area contributed by atoms with Gasteiger partial charge in [0.15, 0.2) is 0 Å². The summed E-state index contributed by atoms with van der Waals surface area (Å²) in [7, 11) is 0. The molecule has 0 aromatic carbocycles. The second-order valence-electron chi connectivity index (χ2n) is 4.33. The molecule has 6 heteroatoms. The summed E-state index contributed by atoms with van der Waals surface area (Å²) in [6, 6.07) is 2.95. The second-order valence-corrected chi connectivity index (χ2v) is 4.33. The Morgan fingerprint density at radius 2 is 2.39 bits per heavy atom. The van der Waals surface area contributed by atoms with Gasteiger partial charge < -0.3 is 19.4 Å². The Morgan fingerprint density at radius 1 is 1.61 bits per heavy atom. The lowest BCUT2D eigenvalue weighted by Gasteiger charge is -2.37. The summed E-state index contributed by atoms with van der Waals surface area (Å²) in [6.45, 7) is 3.71. The summed E-state index contributed by atoms with van der Waals surface area (Å²) in [5.41, 5.74) is 0. The number of carboxylic acids is 1. The van der Waals surface area contributed by atoms with Gasteiger partial charge in [-0.2, -0.15) is 0 Å². The monoisotopic (exact) mass is 255 g/mol. The van der Waals surface area contributed by atoms with Crippen LogP contribution in [0.4, 0.5) is 0 Å². The lowest BCUT2D eigenvalue weighted by Crippen LogP contribution is -2.48. The summed E-state index contributed by atoms with van der Waals surface area (Å²) < 4.78 is 10.6. The molecule has 18 heavy (non-hydrogen) atoms. The molecule has 2 rings (SSSR count). The summed E-state index contributed by atoms with van der Waals surface area (Å²) in [4.78, 5) is 12.8. The molecule has 0 bridgehead atoms. The maximum absolute atomic E-state index is 10.8. The van der Waals surface area contributed by atoms with Gasteiger partial charge in [0, 0.05) is 6.54 Å². The number of aliphatic hydroxyl groups excluding tert-OH is 1. The minimum atomic E-state index is -1.07. The van der Waals surface area contributed by atoms with Crippen molar-refractivity contribution in [1.82, 2.24) is 4.90 Å². The highest BCUT2D eigenvalue weighted by Crippen LogP contribution is 2.25. The van der Waals surface area contributed by atoms with E-state index in [2.05, 4.69) is 4.90 Å². The number of aliphatic hydroxyl groups is 1. The number of nitrogens with zero attached hydrogens (tertiary/aromatic N) is 1. The zero-order chi connectivity index (χ0) is 13.1. The molecule has 0 aliphatic carbocycles. The lowest BCUT2D eigenvalue weighted by atomic mass is 10.1. The molecular formula is C12H17NO5. The molecule has 1 aliphatic rings. The van der Waals surface area contributed by atoms with Gasteiger partial charge in [-0.15, -0.1) is 0 Å². The maximum atomic E-state index is 10.8. The van der Waals surface area contributed by atoms with E-state index in [1.807, 2.05) is 6.92 Å². The highest BCUT2D eigenvalue weighted by molar-refractivity contribution is 5.84. The van der Waals surface area contributed by atoms with Gasteiger partial charge in [0.25, 0.3) is 0 Å². The van der Waals surface area contributed by atoms with Gasteiger partial charge in [-0.25, -0.2) is 4.79 Å². The third-order valence-electron chi connectivity index (χ3n) is 3.23. The molecule has 100 valence electrons. The van der Waals surface area contributed by atoms with Crippen molar-refractivity contribution in [3.05, 3.63) is 23.7 Å². The van der Waals surface area contributed by atoms with E-state index in [4.69, 9.17) is 14.3 Å². The number of ether oxygens (including phenoxy) is 1.